The Kier molecular flexibility index (Phi) is 9.08. The van der Waals surface area contributed by atoms with Crippen molar-refractivity contribution in [3.63, 3.8) is 0 Å². The van der Waals surface area contributed by atoms with E-state index < -0.39 is 0 Å². The van der Waals surface area contributed by atoms with Crippen LogP contribution in [0.25, 0.3) is 0 Å². The summed E-state index contributed by atoms with van der Waals surface area (Å²) >= 11 is 0. The zero-order chi connectivity index (χ0) is 18.4. The van der Waals surface area contributed by atoms with E-state index >= 15 is 0 Å². The Morgan fingerprint density at radius 3 is 2.56 bits per heavy atom. The molecule has 7 heteroatoms. The fraction of sp³-hybridized carbons (Fsp3) is 0.650. The normalized spacial score (nSPS) is 23.5. The zero-order valence-electron chi connectivity index (χ0n) is 16.3. The standard InChI is InChI=1S/C20H31FN4O.HI/c1-15-3-6-17(7-4-15)24-20(22-2)23-14-16-5-8-19(18(21)13-16)25-9-11-26-12-10-25;/h5,8,13,15,17H,3-4,6-7,9-12,14H2,1-2H3,(H2,22,23,24);1H. The minimum absolute atomic E-state index is 0. The molecular weight excluding hydrogens is 458 g/mol. The van der Waals surface area contributed by atoms with Gasteiger partial charge in [-0.05, 0) is 49.3 Å². The molecule has 2 N–H and O–H groups in total. The lowest BCUT2D eigenvalue weighted by molar-refractivity contribution is 0.122. The third-order valence-corrected chi connectivity index (χ3v) is 5.40. The van der Waals surface area contributed by atoms with Crippen molar-refractivity contribution in [3.05, 3.63) is 29.6 Å². The number of nitrogens with one attached hydrogen (secondary N) is 2. The molecule has 152 valence electrons. The molecule has 0 radical (unpaired) electrons. The highest BCUT2D eigenvalue weighted by Crippen LogP contribution is 2.23. The van der Waals surface area contributed by atoms with E-state index in [4.69, 9.17) is 4.74 Å². The third kappa shape index (κ3) is 6.48. The Hall–Kier alpha value is -1.09. The number of halogens is 2. The highest BCUT2D eigenvalue weighted by Gasteiger charge is 2.19. The van der Waals surface area contributed by atoms with Crippen LogP contribution in [0.2, 0.25) is 0 Å². The van der Waals surface area contributed by atoms with Gasteiger partial charge in [0.05, 0.1) is 18.9 Å². The molecule has 1 aliphatic carbocycles. The molecule has 2 aliphatic rings. The molecule has 1 saturated heterocycles. The van der Waals surface area contributed by atoms with E-state index in [1.165, 1.54) is 25.7 Å². The average molecular weight is 490 g/mol. The summed E-state index contributed by atoms with van der Waals surface area (Å²) in [5, 5.41) is 6.81. The van der Waals surface area contributed by atoms with E-state index in [0.29, 0.717) is 31.5 Å². The largest absolute Gasteiger partial charge is 0.378 e. The third-order valence-electron chi connectivity index (χ3n) is 5.40. The molecule has 0 bridgehead atoms. The molecule has 1 aliphatic heterocycles. The van der Waals surface area contributed by atoms with Crippen molar-refractivity contribution in [1.82, 2.24) is 10.6 Å². The lowest BCUT2D eigenvalue weighted by Gasteiger charge is -2.29. The molecule has 0 atom stereocenters. The van der Waals surface area contributed by atoms with E-state index in [2.05, 4.69) is 22.5 Å². The van der Waals surface area contributed by atoms with Crippen molar-refractivity contribution in [2.24, 2.45) is 10.9 Å². The lowest BCUT2D eigenvalue weighted by Crippen LogP contribution is -2.44. The van der Waals surface area contributed by atoms with Gasteiger partial charge < -0.3 is 20.3 Å². The topological polar surface area (TPSA) is 48.9 Å². The van der Waals surface area contributed by atoms with E-state index in [-0.39, 0.29) is 29.8 Å². The summed E-state index contributed by atoms with van der Waals surface area (Å²) in [6.45, 7) is 5.67. The molecule has 0 aromatic heterocycles. The Morgan fingerprint density at radius 1 is 1.22 bits per heavy atom. The van der Waals surface area contributed by atoms with Gasteiger partial charge >= 0.3 is 0 Å². The van der Waals surface area contributed by atoms with E-state index in [1.807, 2.05) is 17.0 Å². The van der Waals surface area contributed by atoms with Crippen molar-refractivity contribution in [2.75, 3.05) is 38.3 Å². The predicted molar refractivity (Wildman–Crippen MR) is 120 cm³/mol. The quantitative estimate of drug-likeness (QED) is 0.386. The van der Waals surface area contributed by atoms with Crippen molar-refractivity contribution in [1.29, 1.82) is 0 Å². The summed E-state index contributed by atoms with van der Waals surface area (Å²) in [6.07, 6.45) is 4.90. The van der Waals surface area contributed by atoms with Crippen LogP contribution in [0.15, 0.2) is 23.2 Å². The van der Waals surface area contributed by atoms with Crippen LogP contribution in [0.3, 0.4) is 0 Å². The molecule has 0 unspecified atom stereocenters. The van der Waals surface area contributed by atoms with Gasteiger partial charge in [0.15, 0.2) is 5.96 Å². The number of guanidine groups is 1. The number of ether oxygens (including phenoxy) is 1. The van der Waals surface area contributed by atoms with Crippen LogP contribution in [0.4, 0.5) is 10.1 Å². The maximum atomic E-state index is 14.5. The van der Waals surface area contributed by atoms with E-state index in [1.54, 1.807) is 13.1 Å². The molecule has 1 heterocycles. The summed E-state index contributed by atoms with van der Waals surface area (Å²) in [5.41, 5.74) is 1.58. The summed E-state index contributed by atoms with van der Waals surface area (Å²) in [7, 11) is 1.78. The molecule has 1 saturated carbocycles. The van der Waals surface area contributed by atoms with Crippen LogP contribution in [-0.4, -0.2) is 45.4 Å². The Morgan fingerprint density at radius 2 is 1.93 bits per heavy atom. The van der Waals surface area contributed by atoms with Crippen LogP contribution < -0.4 is 15.5 Å². The molecule has 0 amide bonds. The number of morpholine rings is 1. The second kappa shape index (κ2) is 11.0. The number of anilines is 1. The molecular formula is C20H32FIN4O. The molecule has 27 heavy (non-hydrogen) atoms. The van der Waals surface area contributed by atoms with Gasteiger partial charge in [-0.3, -0.25) is 4.99 Å². The molecule has 5 nitrogen and oxygen atoms in total. The first-order valence-electron chi connectivity index (χ1n) is 9.74. The summed E-state index contributed by atoms with van der Waals surface area (Å²) < 4.78 is 19.8. The number of hydrogen-bond acceptors (Lipinski definition) is 3. The number of rotatable bonds is 4. The van der Waals surface area contributed by atoms with Gasteiger partial charge in [0, 0.05) is 32.7 Å². The number of nitrogens with zero attached hydrogens (tertiary/aromatic N) is 2. The second-order valence-corrected chi connectivity index (χ2v) is 7.41. The molecule has 0 spiro atoms. The Balaban J connectivity index is 0.00000261. The number of hydrogen-bond donors (Lipinski definition) is 2. The van der Waals surface area contributed by atoms with Gasteiger partial charge in [0.1, 0.15) is 5.82 Å². The van der Waals surface area contributed by atoms with Crippen LogP contribution in [0, 0.1) is 11.7 Å². The van der Waals surface area contributed by atoms with Crippen LogP contribution >= 0.6 is 24.0 Å². The lowest BCUT2D eigenvalue weighted by atomic mass is 9.87. The zero-order valence-corrected chi connectivity index (χ0v) is 18.7. The number of benzene rings is 1. The maximum absolute atomic E-state index is 14.5. The second-order valence-electron chi connectivity index (χ2n) is 7.41. The minimum atomic E-state index is -0.171. The molecule has 3 rings (SSSR count). The highest BCUT2D eigenvalue weighted by molar-refractivity contribution is 14.0. The van der Waals surface area contributed by atoms with Gasteiger partial charge in [-0.15, -0.1) is 24.0 Å². The number of aliphatic imine (C=N–C) groups is 1. The van der Waals surface area contributed by atoms with Gasteiger partial charge in [0.2, 0.25) is 0 Å². The first-order chi connectivity index (χ1) is 12.7. The highest BCUT2D eigenvalue weighted by atomic mass is 127. The predicted octanol–water partition coefficient (Wildman–Crippen LogP) is 3.52. The van der Waals surface area contributed by atoms with Crippen molar-refractivity contribution >= 4 is 35.6 Å². The van der Waals surface area contributed by atoms with Gasteiger partial charge in [-0.25, -0.2) is 4.39 Å². The van der Waals surface area contributed by atoms with E-state index in [0.717, 1.165) is 30.5 Å². The maximum Gasteiger partial charge on any atom is 0.191 e. The van der Waals surface area contributed by atoms with Crippen molar-refractivity contribution in [3.8, 4) is 0 Å². The molecule has 2 fully saturated rings. The van der Waals surface area contributed by atoms with Gasteiger partial charge in [0.25, 0.3) is 0 Å². The van der Waals surface area contributed by atoms with Crippen LogP contribution in [0.5, 0.6) is 0 Å². The van der Waals surface area contributed by atoms with Gasteiger partial charge in [-0.1, -0.05) is 13.0 Å². The summed E-state index contributed by atoms with van der Waals surface area (Å²) in [6, 6.07) is 5.96. The fourth-order valence-corrected chi connectivity index (χ4v) is 3.70. The fourth-order valence-electron chi connectivity index (χ4n) is 3.70. The van der Waals surface area contributed by atoms with E-state index in [9.17, 15) is 4.39 Å². The molecule has 1 aromatic rings. The van der Waals surface area contributed by atoms with Crippen molar-refractivity contribution in [2.45, 2.75) is 45.2 Å². The summed E-state index contributed by atoms with van der Waals surface area (Å²) in [4.78, 5) is 6.35. The Labute approximate surface area is 179 Å². The van der Waals surface area contributed by atoms with Crippen molar-refractivity contribution < 1.29 is 9.13 Å². The monoisotopic (exact) mass is 490 g/mol. The molecule has 1 aromatic carbocycles. The average Bonchev–Trinajstić information content (AvgIpc) is 2.67. The first kappa shape index (κ1) is 22.2. The Bertz CT molecular complexity index is 614. The minimum Gasteiger partial charge on any atom is -0.378 e. The van der Waals surface area contributed by atoms with Crippen LogP contribution in [-0.2, 0) is 11.3 Å². The first-order valence-corrected chi connectivity index (χ1v) is 9.74. The summed E-state index contributed by atoms with van der Waals surface area (Å²) in [5.74, 6) is 1.45. The smallest absolute Gasteiger partial charge is 0.191 e. The SMILES string of the molecule is CN=C(NCc1ccc(N2CCOCC2)c(F)c1)NC1CCC(C)CC1.I. The van der Waals surface area contributed by atoms with Crippen LogP contribution in [0.1, 0.15) is 38.2 Å². The van der Waals surface area contributed by atoms with Gasteiger partial charge in [-0.2, -0.15) is 0 Å².